The third-order valence-electron chi connectivity index (χ3n) is 5.16. The summed E-state index contributed by atoms with van der Waals surface area (Å²) in [5.74, 6) is -0.0379. The predicted molar refractivity (Wildman–Crippen MR) is 91.4 cm³/mol. The number of nitro groups is 1. The summed E-state index contributed by atoms with van der Waals surface area (Å²) in [5, 5.41) is 23.0. The van der Waals surface area contributed by atoms with E-state index in [1.54, 1.807) is 28.8 Å². The number of fused-ring (bicyclic) bond motifs is 6. The zero-order chi connectivity index (χ0) is 17.3. The van der Waals surface area contributed by atoms with Gasteiger partial charge >= 0.3 is 5.69 Å². The highest BCUT2D eigenvalue weighted by Gasteiger charge is 2.39. The summed E-state index contributed by atoms with van der Waals surface area (Å²) in [5.41, 5.74) is 0.730. The van der Waals surface area contributed by atoms with E-state index in [4.69, 9.17) is 0 Å². The van der Waals surface area contributed by atoms with Gasteiger partial charge in [0.25, 0.3) is 5.69 Å². The molecule has 124 valence electrons. The second-order valence-electron chi connectivity index (χ2n) is 6.40. The molecule has 25 heavy (non-hydrogen) atoms. The van der Waals surface area contributed by atoms with E-state index >= 15 is 0 Å². The van der Waals surface area contributed by atoms with Crippen molar-refractivity contribution in [1.82, 2.24) is 9.13 Å². The Bertz CT molecular complexity index is 1160. The molecule has 2 bridgehead atoms. The first-order valence-electron chi connectivity index (χ1n) is 7.99. The van der Waals surface area contributed by atoms with Crippen molar-refractivity contribution in [1.29, 1.82) is 0 Å². The lowest BCUT2D eigenvalue weighted by Gasteiger charge is -2.09. The Labute approximate surface area is 141 Å². The molecule has 2 aromatic carbocycles. The zero-order valence-electron chi connectivity index (χ0n) is 13.0. The van der Waals surface area contributed by atoms with Crippen LogP contribution in [0.4, 0.5) is 5.69 Å². The standard InChI is InChI=1S/C18H13N3O4/c22-17-16-10-5-6-11(9-10)19(16)18(23)20(17)14-7-8-15(21(24)25)13-4-2-1-3-12(13)14/h1-8,10-11,22H,9H2/t10-,11+/m1/s1. The first-order valence-corrected chi connectivity index (χ1v) is 7.99. The van der Waals surface area contributed by atoms with E-state index in [1.807, 2.05) is 12.2 Å². The molecule has 1 aliphatic heterocycles. The van der Waals surface area contributed by atoms with Gasteiger partial charge in [-0.05, 0) is 18.6 Å². The molecule has 7 heteroatoms. The average Bonchev–Trinajstić information content (AvgIpc) is 3.28. The molecule has 1 aromatic heterocycles. The Balaban J connectivity index is 1.84. The Hall–Kier alpha value is -3.35. The van der Waals surface area contributed by atoms with Gasteiger partial charge in [0.05, 0.1) is 27.7 Å². The summed E-state index contributed by atoms with van der Waals surface area (Å²) < 4.78 is 2.88. The van der Waals surface area contributed by atoms with Crippen LogP contribution in [0.25, 0.3) is 16.5 Å². The molecule has 0 saturated carbocycles. The van der Waals surface area contributed by atoms with Gasteiger partial charge in [0.2, 0.25) is 5.88 Å². The number of benzene rings is 2. The molecule has 2 aliphatic rings. The molecule has 0 unspecified atom stereocenters. The van der Waals surface area contributed by atoms with Gasteiger partial charge in [-0.2, -0.15) is 0 Å². The van der Waals surface area contributed by atoms with Crippen LogP contribution in [0.5, 0.6) is 5.88 Å². The van der Waals surface area contributed by atoms with Gasteiger partial charge in [0.15, 0.2) is 0 Å². The maximum absolute atomic E-state index is 12.9. The van der Waals surface area contributed by atoms with Crippen molar-refractivity contribution in [3.8, 4) is 11.6 Å². The van der Waals surface area contributed by atoms with Gasteiger partial charge in [-0.15, -0.1) is 0 Å². The summed E-state index contributed by atoms with van der Waals surface area (Å²) in [7, 11) is 0. The van der Waals surface area contributed by atoms with Crippen LogP contribution in [-0.2, 0) is 0 Å². The Morgan fingerprint density at radius 1 is 1.12 bits per heavy atom. The summed E-state index contributed by atoms with van der Waals surface area (Å²) >= 11 is 0. The van der Waals surface area contributed by atoms with Crippen LogP contribution in [0.15, 0.2) is 53.3 Å². The minimum absolute atomic E-state index is 0.0241. The molecule has 0 fully saturated rings. The molecule has 0 radical (unpaired) electrons. The van der Waals surface area contributed by atoms with Gasteiger partial charge < -0.3 is 5.11 Å². The Kier molecular flexibility index (Phi) is 2.58. The normalized spacial score (nSPS) is 20.3. The lowest BCUT2D eigenvalue weighted by Crippen LogP contribution is -2.24. The SMILES string of the molecule is O=c1n(-c2ccc([N+](=O)[O-])c3ccccc23)c(O)c2n1[C@H]1C=C[C@@H]2C1. The number of aromatic hydroxyl groups is 1. The predicted octanol–water partition coefficient (Wildman–Crippen LogP) is 3.00. The van der Waals surface area contributed by atoms with Gasteiger partial charge in [0.1, 0.15) is 0 Å². The van der Waals surface area contributed by atoms with Crippen LogP contribution in [-0.4, -0.2) is 19.2 Å². The maximum Gasteiger partial charge on any atom is 0.336 e. The summed E-state index contributed by atoms with van der Waals surface area (Å²) in [6.45, 7) is 0. The smallest absolute Gasteiger partial charge is 0.336 e. The first kappa shape index (κ1) is 14.0. The molecule has 1 N–H and O–H groups in total. The minimum atomic E-state index is -0.446. The molecule has 2 heterocycles. The van der Waals surface area contributed by atoms with E-state index in [0.29, 0.717) is 22.2 Å². The van der Waals surface area contributed by atoms with Crippen molar-refractivity contribution in [3.63, 3.8) is 0 Å². The number of imidazole rings is 1. The largest absolute Gasteiger partial charge is 0.493 e. The number of nitrogens with zero attached hydrogens (tertiary/aromatic N) is 3. The van der Waals surface area contributed by atoms with Gasteiger partial charge in [0, 0.05) is 17.4 Å². The number of nitro benzene ring substituents is 1. The number of hydrogen-bond donors (Lipinski definition) is 1. The lowest BCUT2D eigenvalue weighted by atomic mass is 10.1. The quantitative estimate of drug-likeness (QED) is 0.443. The third-order valence-corrected chi connectivity index (χ3v) is 5.16. The van der Waals surface area contributed by atoms with E-state index in [-0.39, 0.29) is 29.2 Å². The molecule has 1 aliphatic carbocycles. The Morgan fingerprint density at radius 2 is 1.88 bits per heavy atom. The van der Waals surface area contributed by atoms with E-state index in [2.05, 4.69) is 0 Å². The van der Waals surface area contributed by atoms with Crippen molar-refractivity contribution in [2.45, 2.75) is 18.4 Å². The van der Waals surface area contributed by atoms with Crippen LogP contribution in [0.1, 0.15) is 24.1 Å². The molecule has 5 rings (SSSR count). The maximum atomic E-state index is 12.9. The fourth-order valence-corrected chi connectivity index (χ4v) is 4.10. The molecule has 0 saturated heterocycles. The van der Waals surface area contributed by atoms with E-state index < -0.39 is 4.92 Å². The van der Waals surface area contributed by atoms with Crippen LogP contribution in [0.3, 0.4) is 0 Å². The first-order chi connectivity index (χ1) is 12.1. The summed E-state index contributed by atoms with van der Waals surface area (Å²) in [6.07, 6.45) is 4.80. The van der Waals surface area contributed by atoms with Crippen molar-refractivity contribution in [2.24, 2.45) is 0 Å². The fourth-order valence-electron chi connectivity index (χ4n) is 4.10. The highest BCUT2D eigenvalue weighted by atomic mass is 16.6. The molecule has 0 amide bonds. The third kappa shape index (κ3) is 1.67. The summed E-state index contributed by atoms with van der Waals surface area (Å²) in [6, 6.07) is 9.71. The molecule has 7 nitrogen and oxygen atoms in total. The van der Waals surface area contributed by atoms with E-state index in [9.17, 15) is 20.0 Å². The second-order valence-corrected chi connectivity index (χ2v) is 6.40. The van der Waals surface area contributed by atoms with Gasteiger partial charge in [-0.1, -0.05) is 30.4 Å². The average molecular weight is 335 g/mol. The number of hydrogen-bond acceptors (Lipinski definition) is 4. The molecule has 2 atom stereocenters. The highest BCUT2D eigenvalue weighted by molar-refractivity contribution is 5.97. The molecular formula is C18H13N3O4. The zero-order valence-corrected chi connectivity index (χ0v) is 13.0. The van der Waals surface area contributed by atoms with E-state index in [0.717, 1.165) is 6.42 Å². The van der Waals surface area contributed by atoms with Crippen molar-refractivity contribution < 1.29 is 10.0 Å². The lowest BCUT2D eigenvalue weighted by molar-refractivity contribution is -0.383. The second kappa shape index (κ2) is 4.60. The fraction of sp³-hybridized carbons (Fsp3) is 0.167. The van der Waals surface area contributed by atoms with Crippen molar-refractivity contribution in [2.75, 3.05) is 0 Å². The minimum Gasteiger partial charge on any atom is -0.493 e. The van der Waals surface area contributed by atoms with Crippen LogP contribution in [0, 0.1) is 10.1 Å². The van der Waals surface area contributed by atoms with Crippen molar-refractivity contribution >= 4 is 16.5 Å². The number of allylic oxidation sites excluding steroid dienone is 2. The van der Waals surface area contributed by atoms with Crippen molar-refractivity contribution in [3.05, 3.63) is 74.8 Å². The van der Waals surface area contributed by atoms with Gasteiger partial charge in [-0.3, -0.25) is 14.7 Å². The van der Waals surface area contributed by atoms with Gasteiger partial charge in [-0.25, -0.2) is 9.36 Å². The number of rotatable bonds is 2. The molecular weight excluding hydrogens is 322 g/mol. The van der Waals surface area contributed by atoms with E-state index in [1.165, 1.54) is 16.7 Å². The molecule has 3 aromatic rings. The number of non-ortho nitro benzene ring substituents is 1. The summed E-state index contributed by atoms with van der Waals surface area (Å²) in [4.78, 5) is 23.8. The number of aromatic nitrogens is 2. The topological polar surface area (TPSA) is 90.3 Å². The Morgan fingerprint density at radius 3 is 2.60 bits per heavy atom. The van der Waals surface area contributed by atoms with Crippen LogP contribution in [0.2, 0.25) is 0 Å². The monoisotopic (exact) mass is 335 g/mol. The van der Waals surface area contributed by atoms with Crippen LogP contribution >= 0.6 is 0 Å². The van der Waals surface area contributed by atoms with Crippen LogP contribution < -0.4 is 5.69 Å². The molecule has 0 spiro atoms. The highest BCUT2D eigenvalue weighted by Crippen LogP contribution is 2.47.